The van der Waals surface area contributed by atoms with E-state index in [0.29, 0.717) is 13.2 Å². The molecule has 1 heterocycles. The van der Waals surface area contributed by atoms with Crippen LogP contribution >= 0.6 is 0 Å². The van der Waals surface area contributed by atoms with Crippen molar-refractivity contribution < 1.29 is 9.47 Å². The fourth-order valence-electron chi connectivity index (χ4n) is 3.02. The first-order chi connectivity index (χ1) is 13.3. The van der Waals surface area contributed by atoms with Crippen LogP contribution in [0.2, 0.25) is 0 Å². The zero-order valence-electron chi connectivity index (χ0n) is 16.0. The van der Waals surface area contributed by atoms with Gasteiger partial charge in [0, 0.05) is 11.5 Å². The summed E-state index contributed by atoms with van der Waals surface area (Å²) in [6.45, 7) is 5.10. The van der Waals surface area contributed by atoms with Crippen LogP contribution in [0.4, 0.5) is 0 Å². The Balaban J connectivity index is 1.74. The first-order valence-electron chi connectivity index (χ1n) is 9.56. The van der Waals surface area contributed by atoms with Gasteiger partial charge in [0.25, 0.3) is 0 Å². The lowest BCUT2D eigenvalue weighted by Gasteiger charge is -2.12. The third kappa shape index (κ3) is 5.07. The molecular weight excluding hydrogens is 336 g/mol. The molecule has 0 saturated carbocycles. The molecule has 140 valence electrons. The Bertz CT molecular complexity index is 892. The molecule has 4 nitrogen and oxygen atoms in total. The van der Waals surface area contributed by atoms with Gasteiger partial charge in [-0.3, -0.25) is 0 Å². The van der Waals surface area contributed by atoms with E-state index in [1.807, 2.05) is 26.0 Å². The molecule has 27 heavy (non-hydrogen) atoms. The minimum Gasteiger partial charge on any atom is -0.490 e. The molecule has 0 saturated heterocycles. The van der Waals surface area contributed by atoms with E-state index < -0.39 is 0 Å². The molecule has 1 aromatic heterocycles. The van der Waals surface area contributed by atoms with Crippen molar-refractivity contribution in [1.82, 2.24) is 9.97 Å². The second-order valence-electron chi connectivity index (χ2n) is 6.22. The fourth-order valence-corrected chi connectivity index (χ4v) is 3.02. The van der Waals surface area contributed by atoms with Gasteiger partial charge in [0.15, 0.2) is 11.5 Å². The van der Waals surface area contributed by atoms with Crippen molar-refractivity contribution in [2.75, 3.05) is 13.2 Å². The number of aromatic nitrogens is 2. The predicted molar refractivity (Wildman–Crippen MR) is 110 cm³/mol. The van der Waals surface area contributed by atoms with Crippen LogP contribution in [0.15, 0.2) is 54.9 Å². The first-order valence-corrected chi connectivity index (χ1v) is 9.56. The molecule has 0 unspecified atom stereocenters. The van der Waals surface area contributed by atoms with Gasteiger partial charge in [-0.15, -0.1) is 0 Å². The lowest BCUT2D eigenvalue weighted by atomic mass is 10.1. The van der Waals surface area contributed by atoms with Crippen molar-refractivity contribution in [2.24, 2.45) is 0 Å². The molecule has 0 aliphatic heterocycles. The van der Waals surface area contributed by atoms with E-state index in [9.17, 15) is 0 Å². The Kier molecular flexibility index (Phi) is 6.80. The third-order valence-electron chi connectivity index (χ3n) is 4.29. The van der Waals surface area contributed by atoms with Gasteiger partial charge in [0.05, 0.1) is 24.4 Å². The van der Waals surface area contributed by atoms with Crippen molar-refractivity contribution in [3.8, 4) is 11.5 Å². The molecule has 3 aromatic rings. The van der Waals surface area contributed by atoms with Crippen molar-refractivity contribution in [1.29, 1.82) is 0 Å². The summed E-state index contributed by atoms with van der Waals surface area (Å²) < 4.78 is 11.4. The fraction of sp³-hybridized carbons (Fsp3) is 0.304. The molecule has 0 N–H and O–H groups in total. The summed E-state index contributed by atoms with van der Waals surface area (Å²) >= 11 is 0. The Morgan fingerprint density at radius 3 is 2.41 bits per heavy atom. The van der Waals surface area contributed by atoms with Gasteiger partial charge in [-0.1, -0.05) is 36.4 Å². The Labute approximate surface area is 160 Å². The van der Waals surface area contributed by atoms with E-state index in [1.54, 1.807) is 6.33 Å². The maximum Gasteiger partial charge on any atom is 0.163 e. The summed E-state index contributed by atoms with van der Waals surface area (Å²) in [5.74, 6) is 1.46. The number of nitrogens with zero attached hydrogens (tertiary/aromatic N) is 2. The van der Waals surface area contributed by atoms with Crippen molar-refractivity contribution >= 4 is 17.0 Å². The van der Waals surface area contributed by atoms with Gasteiger partial charge in [-0.25, -0.2) is 9.97 Å². The largest absolute Gasteiger partial charge is 0.490 e. The molecule has 0 radical (unpaired) electrons. The van der Waals surface area contributed by atoms with Crippen LogP contribution in [0.25, 0.3) is 17.0 Å². The maximum atomic E-state index is 5.74. The second kappa shape index (κ2) is 9.72. The number of ether oxygens (including phenoxy) is 2. The zero-order chi connectivity index (χ0) is 18.9. The molecule has 4 heteroatoms. The molecular formula is C23H26N2O2. The van der Waals surface area contributed by atoms with Gasteiger partial charge >= 0.3 is 0 Å². The highest BCUT2D eigenvalue weighted by Crippen LogP contribution is 2.33. The number of unbranched alkanes of at least 4 members (excludes halogenated alkanes) is 1. The summed E-state index contributed by atoms with van der Waals surface area (Å²) in [4.78, 5) is 8.83. The van der Waals surface area contributed by atoms with Gasteiger partial charge in [-0.2, -0.15) is 0 Å². The van der Waals surface area contributed by atoms with Crippen molar-refractivity contribution in [3.63, 3.8) is 0 Å². The number of fused-ring (bicyclic) bond motifs is 1. The molecule has 0 fully saturated rings. The molecule has 0 atom stereocenters. The minimum atomic E-state index is 0.587. The number of benzene rings is 2. The molecule has 0 aliphatic rings. The topological polar surface area (TPSA) is 44.2 Å². The van der Waals surface area contributed by atoms with Gasteiger partial charge in [-0.05, 0) is 50.8 Å². The number of allylic oxidation sites excluding steroid dienone is 1. The summed E-state index contributed by atoms with van der Waals surface area (Å²) in [5.41, 5.74) is 3.15. The minimum absolute atomic E-state index is 0.587. The maximum absolute atomic E-state index is 5.74. The van der Waals surface area contributed by atoms with E-state index in [0.717, 1.165) is 47.4 Å². The van der Waals surface area contributed by atoms with Crippen molar-refractivity contribution in [3.05, 3.63) is 66.1 Å². The quantitative estimate of drug-likeness (QED) is 0.474. The summed E-state index contributed by atoms with van der Waals surface area (Å²) in [5, 5.41) is 0.976. The lowest BCUT2D eigenvalue weighted by molar-refractivity contribution is 0.288. The van der Waals surface area contributed by atoms with Crippen LogP contribution in [0.1, 0.15) is 37.9 Å². The average Bonchev–Trinajstić information content (AvgIpc) is 2.69. The summed E-state index contributed by atoms with van der Waals surface area (Å²) in [7, 11) is 0. The number of rotatable bonds is 9. The highest BCUT2D eigenvalue weighted by atomic mass is 16.5. The van der Waals surface area contributed by atoms with Crippen LogP contribution in [0, 0.1) is 0 Å². The van der Waals surface area contributed by atoms with E-state index in [-0.39, 0.29) is 0 Å². The monoisotopic (exact) mass is 362 g/mol. The van der Waals surface area contributed by atoms with Crippen LogP contribution in [-0.4, -0.2) is 23.2 Å². The number of hydrogen-bond donors (Lipinski definition) is 0. The smallest absolute Gasteiger partial charge is 0.163 e. The van der Waals surface area contributed by atoms with Crippen LogP contribution in [0.5, 0.6) is 11.5 Å². The summed E-state index contributed by atoms with van der Waals surface area (Å²) in [6.07, 6.45) is 9.06. The summed E-state index contributed by atoms with van der Waals surface area (Å²) in [6, 6.07) is 14.5. The normalized spacial score (nSPS) is 11.2. The van der Waals surface area contributed by atoms with E-state index in [4.69, 9.17) is 9.47 Å². The van der Waals surface area contributed by atoms with Crippen LogP contribution in [0.3, 0.4) is 0 Å². The number of hydrogen-bond acceptors (Lipinski definition) is 4. The highest BCUT2D eigenvalue weighted by molar-refractivity contribution is 5.88. The van der Waals surface area contributed by atoms with Crippen molar-refractivity contribution in [2.45, 2.75) is 33.1 Å². The Morgan fingerprint density at radius 1 is 0.926 bits per heavy atom. The molecule has 0 bridgehead atoms. The standard InChI is InChI=1S/C23H26N2O2/c1-3-26-22-15-19-20(24-17-25-21(19)16-23(22)27-4-2)14-10-6-9-13-18-11-7-5-8-12-18/h5,7-8,10-12,14-17H,3-4,6,9,13H2,1-2H3/b14-10+. The van der Waals surface area contributed by atoms with Crippen LogP contribution in [-0.2, 0) is 6.42 Å². The highest BCUT2D eigenvalue weighted by Gasteiger charge is 2.10. The number of aryl methyl sites for hydroxylation is 1. The molecule has 0 amide bonds. The van der Waals surface area contributed by atoms with Gasteiger partial charge in [0.1, 0.15) is 6.33 Å². The zero-order valence-corrected chi connectivity index (χ0v) is 16.0. The van der Waals surface area contributed by atoms with E-state index >= 15 is 0 Å². The first kappa shape index (κ1) is 18.9. The van der Waals surface area contributed by atoms with E-state index in [1.165, 1.54) is 5.56 Å². The average molecular weight is 362 g/mol. The third-order valence-corrected chi connectivity index (χ3v) is 4.29. The Morgan fingerprint density at radius 2 is 1.67 bits per heavy atom. The van der Waals surface area contributed by atoms with Gasteiger partial charge in [0.2, 0.25) is 0 Å². The van der Waals surface area contributed by atoms with Gasteiger partial charge < -0.3 is 9.47 Å². The molecule has 0 aliphatic carbocycles. The predicted octanol–water partition coefficient (Wildman–Crippen LogP) is 5.46. The van der Waals surface area contributed by atoms with Crippen LogP contribution < -0.4 is 9.47 Å². The molecule has 2 aromatic carbocycles. The molecule has 0 spiro atoms. The Hall–Kier alpha value is -2.88. The SMILES string of the molecule is CCOc1cc2ncnc(/C=C/CCCc3ccccc3)c2cc1OCC. The second-order valence-corrected chi connectivity index (χ2v) is 6.22. The van der Waals surface area contributed by atoms with E-state index in [2.05, 4.69) is 52.5 Å². The molecule has 3 rings (SSSR count). The lowest BCUT2D eigenvalue weighted by Crippen LogP contribution is -1.99.